The first-order chi connectivity index (χ1) is 24.3. The van der Waals surface area contributed by atoms with Gasteiger partial charge in [-0.05, 0) is 123 Å². The summed E-state index contributed by atoms with van der Waals surface area (Å²) in [4.78, 5) is 18.6. The van der Waals surface area contributed by atoms with E-state index in [1.807, 2.05) is 40.2 Å². The number of allylic oxidation sites excluding steroid dienone is 2. The highest BCUT2D eigenvalue weighted by atomic mass is 33.1. The molecule has 9 heteroatoms. The molecule has 7 aliphatic rings. The molecule has 8 rings (SSSR count). The molecule has 6 fully saturated rings. The van der Waals surface area contributed by atoms with Gasteiger partial charge in [-0.2, -0.15) is 0 Å². The predicted octanol–water partition coefficient (Wildman–Crippen LogP) is 7.70. The van der Waals surface area contributed by atoms with Gasteiger partial charge >= 0.3 is 0 Å². The summed E-state index contributed by atoms with van der Waals surface area (Å²) < 4.78 is 2.28. The van der Waals surface area contributed by atoms with Gasteiger partial charge in [-0.3, -0.25) is 4.79 Å². The number of aliphatic hydroxyl groups excluding tert-OH is 3. The second-order valence-corrected chi connectivity index (χ2v) is 21.6. The molecule has 2 heterocycles. The van der Waals surface area contributed by atoms with Gasteiger partial charge in [0.05, 0.1) is 30.2 Å². The van der Waals surface area contributed by atoms with Crippen LogP contribution in [0.4, 0.5) is 0 Å². The molecule has 7 nitrogen and oxygen atoms in total. The van der Waals surface area contributed by atoms with Gasteiger partial charge in [-0.25, -0.2) is 4.98 Å². The third-order valence-corrected chi connectivity index (χ3v) is 18.8. The number of carbonyl (C=O) groups excluding carboxylic acids is 1. The minimum atomic E-state index is -1.17. The maximum atomic E-state index is 14.1. The molecular formula is C42H62N2O5S2. The summed E-state index contributed by atoms with van der Waals surface area (Å²) in [5.74, 6) is 1.85. The monoisotopic (exact) mass is 738 g/mol. The molecule has 51 heavy (non-hydrogen) atoms. The van der Waals surface area contributed by atoms with Crippen molar-refractivity contribution in [1.29, 1.82) is 0 Å². The van der Waals surface area contributed by atoms with Crippen LogP contribution in [0.2, 0.25) is 0 Å². The van der Waals surface area contributed by atoms with Crippen molar-refractivity contribution in [3.8, 4) is 0 Å². The van der Waals surface area contributed by atoms with Crippen molar-refractivity contribution in [1.82, 2.24) is 9.55 Å². The molecule has 5 saturated carbocycles. The Morgan fingerprint density at radius 2 is 1.61 bits per heavy atom. The molecule has 1 aromatic heterocycles. The smallest absolute Gasteiger partial charge is 0.159 e. The highest BCUT2D eigenvalue weighted by molar-refractivity contribution is 8.76. The second-order valence-electron chi connectivity index (χ2n) is 19.0. The van der Waals surface area contributed by atoms with Gasteiger partial charge in [0.25, 0.3) is 0 Å². The van der Waals surface area contributed by atoms with Crippen LogP contribution in [0, 0.1) is 51.8 Å². The minimum Gasteiger partial charge on any atom is -0.392 e. The maximum Gasteiger partial charge on any atom is 0.159 e. The average Bonchev–Trinajstić information content (AvgIpc) is 3.67. The number of fused-ring (bicyclic) bond motifs is 6. The van der Waals surface area contributed by atoms with Crippen LogP contribution in [-0.4, -0.2) is 71.2 Å². The topological polar surface area (TPSA) is 116 Å². The lowest BCUT2D eigenvalue weighted by Gasteiger charge is -2.63. The predicted molar refractivity (Wildman–Crippen MR) is 205 cm³/mol. The highest BCUT2D eigenvalue weighted by Gasteiger charge is 2.73. The first kappa shape index (κ1) is 36.9. The lowest BCUT2D eigenvalue weighted by atomic mass is 9.42. The van der Waals surface area contributed by atoms with Crippen LogP contribution in [0.25, 0.3) is 0 Å². The van der Waals surface area contributed by atoms with Crippen molar-refractivity contribution in [2.75, 3.05) is 11.5 Å². The largest absolute Gasteiger partial charge is 0.392 e. The zero-order chi connectivity index (χ0) is 35.9. The summed E-state index contributed by atoms with van der Waals surface area (Å²) in [6.45, 7) is 9.35. The van der Waals surface area contributed by atoms with Gasteiger partial charge < -0.3 is 25.0 Å². The normalized spacial score (nSPS) is 47.5. The zero-order valence-corrected chi connectivity index (χ0v) is 32.9. The SMILES string of the molecule is CC1(C)CC(n2ccnc2)CSSCC2CC3C(CCCC4CC5C(=CC(=O)C6CC(O)C(O)CC65C)C2(O)C43C)C(O)CC1=C1CCCCC1. The van der Waals surface area contributed by atoms with E-state index in [2.05, 4.69) is 43.4 Å². The van der Waals surface area contributed by atoms with Gasteiger partial charge in [-0.15, -0.1) is 0 Å². The lowest BCUT2D eigenvalue weighted by Crippen LogP contribution is -2.65. The van der Waals surface area contributed by atoms with Gasteiger partial charge in [0.15, 0.2) is 5.78 Å². The van der Waals surface area contributed by atoms with Crippen molar-refractivity contribution in [3.63, 3.8) is 0 Å². The number of rotatable bonds is 1. The van der Waals surface area contributed by atoms with Crippen LogP contribution >= 0.6 is 21.6 Å². The number of ketones is 1. The molecule has 1 aromatic rings. The number of nitrogens with zero attached hydrogens (tertiary/aromatic N) is 2. The molecule has 0 radical (unpaired) electrons. The molecule has 1 saturated heterocycles. The highest BCUT2D eigenvalue weighted by Crippen LogP contribution is 2.73. The fourth-order valence-corrected chi connectivity index (χ4v) is 16.3. The molecule has 4 N–H and O–H groups in total. The van der Waals surface area contributed by atoms with E-state index in [9.17, 15) is 25.2 Å². The molecule has 0 amide bonds. The molecule has 282 valence electrons. The standard InChI is InChI=1S/C42H62N2O5S2/c1-39(2)20-28(44-14-13-43-24-44)23-51-50-22-27-16-31-29(35(45)17-30(39)25-9-6-5-7-10-25)12-8-11-26-15-32-33(42(27,49)41(26,31)4)18-36(46)34-19-37(47)38(48)21-40(32,34)3/h13-14,18,24,26-29,31-32,34-35,37-38,45,47-49H,5-12,15-17,19-23H2,1-4H3. The Morgan fingerprint density at radius 1 is 0.843 bits per heavy atom. The number of hydrogen-bond acceptors (Lipinski definition) is 8. The van der Waals surface area contributed by atoms with E-state index in [0.717, 1.165) is 68.4 Å². The Morgan fingerprint density at radius 3 is 2.35 bits per heavy atom. The van der Waals surface area contributed by atoms with Crippen LogP contribution in [0.1, 0.15) is 124 Å². The van der Waals surface area contributed by atoms with Crippen molar-refractivity contribution in [2.45, 2.75) is 148 Å². The first-order valence-electron chi connectivity index (χ1n) is 20.2. The van der Waals surface area contributed by atoms with E-state index in [0.29, 0.717) is 12.8 Å². The Kier molecular flexibility index (Phi) is 9.81. The van der Waals surface area contributed by atoms with E-state index in [4.69, 9.17) is 0 Å². The van der Waals surface area contributed by atoms with Crippen LogP contribution in [-0.2, 0) is 4.79 Å². The Labute approximate surface area is 313 Å². The van der Waals surface area contributed by atoms with Gasteiger partial charge in [0, 0.05) is 47.2 Å². The molecule has 13 unspecified atom stereocenters. The average molecular weight is 739 g/mol. The Hall–Kier alpha value is -1.10. The van der Waals surface area contributed by atoms with Crippen molar-refractivity contribution in [3.05, 3.63) is 41.5 Å². The Bertz CT molecular complexity index is 1530. The van der Waals surface area contributed by atoms with Crippen LogP contribution in [0.5, 0.6) is 0 Å². The summed E-state index contributed by atoms with van der Waals surface area (Å²) in [5.41, 5.74) is 1.76. The van der Waals surface area contributed by atoms with E-state index in [1.165, 1.54) is 24.8 Å². The number of hydrogen-bond donors (Lipinski definition) is 4. The number of aliphatic hydroxyl groups is 4. The van der Waals surface area contributed by atoms with Gasteiger partial charge in [-0.1, -0.05) is 73.3 Å². The van der Waals surface area contributed by atoms with Crippen LogP contribution in [0.3, 0.4) is 0 Å². The van der Waals surface area contributed by atoms with Crippen LogP contribution in [0.15, 0.2) is 41.5 Å². The maximum absolute atomic E-state index is 14.1. The van der Waals surface area contributed by atoms with E-state index < -0.39 is 34.7 Å². The summed E-state index contributed by atoms with van der Waals surface area (Å²) in [6, 6.07) is 0.255. The van der Waals surface area contributed by atoms with Crippen molar-refractivity contribution >= 4 is 27.4 Å². The Balaban J connectivity index is 1.23. The molecule has 0 spiro atoms. The molecule has 2 bridgehead atoms. The van der Waals surface area contributed by atoms with Gasteiger partial charge in [0.1, 0.15) is 0 Å². The fraction of sp³-hybridized carbons (Fsp3) is 0.810. The summed E-state index contributed by atoms with van der Waals surface area (Å²) in [6.07, 6.45) is 18.7. The minimum absolute atomic E-state index is 0.0121. The third-order valence-electron chi connectivity index (χ3n) is 16.2. The first-order valence-corrected chi connectivity index (χ1v) is 22.7. The van der Waals surface area contributed by atoms with E-state index in [-0.39, 0.29) is 59.2 Å². The number of imidazole rings is 1. The molecule has 0 aromatic carbocycles. The molecule has 1 aliphatic heterocycles. The molecule has 6 aliphatic carbocycles. The van der Waals surface area contributed by atoms with Gasteiger partial charge in [0.2, 0.25) is 0 Å². The van der Waals surface area contributed by atoms with E-state index >= 15 is 0 Å². The second kappa shape index (κ2) is 13.6. The summed E-state index contributed by atoms with van der Waals surface area (Å²) in [7, 11) is 3.79. The molecule has 13 atom stereocenters. The molecular weight excluding hydrogens is 677 g/mol. The summed E-state index contributed by atoms with van der Waals surface area (Å²) in [5, 5.41) is 48.2. The number of aromatic nitrogens is 2. The van der Waals surface area contributed by atoms with E-state index in [1.54, 1.807) is 5.57 Å². The zero-order valence-electron chi connectivity index (χ0n) is 31.3. The summed E-state index contributed by atoms with van der Waals surface area (Å²) >= 11 is 0. The van der Waals surface area contributed by atoms with Crippen molar-refractivity contribution in [2.24, 2.45) is 51.8 Å². The lowest BCUT2D eigenvalue weighted by molar-refractivity contribution is -0.172. The quantitative estimate of drug-likeness (QED) is 0.171. The van der Waals surface area contributed by atoms with Crippen molar-refractivity contribution < 1.29 is 25.2 Å². The fourth-order valence-electron chi connectivity index (χ4n) is 13.6. The van der Waals surface area contributed by atoms with Crippen LogP contribution < -0.4 is 0 Å². The third kappa shape index (κ3) is 5.82. The number of carbonyl (C=O) groups is 1.